The number of carbonyl (C=O) groups is 3. The molecule has 1 fully saturated rings. The quantitative estimate of drug-likeness (QED) is 0.258. The lowest BCUT2D eigenvalue weighted by Gasteiger charge is -2.30. The molecule has 3 heterocycles. The van der Waals surface area contributed by atoms with Gasteiger partial charge in [0.1, 0.15) is 11.8 Å². The van der Waals surface area contributed by atoms with Crippen LogP contribution in [0.15, 0.2) is 93.2 Å². The summed E-state index contributed by atoms with van der Waals surface area (Å²) in [5.41, 5.74) is 0.187. The first-order valence-electron chi connectivity index (χ1n) is 12.6. The van der Waals surface area contributed by atoms with Crippen LogP contribution < -0.4 is 15.1 Å². The number of rotatable bonds is 5. The highest BCUT2D eigenvalue weighted by Crippen LogP contribution is 2.53. The van der Waals surface area contributed by atoms with E-state index in [1.54, 1.807) is 24.3 Å². The molecule has 4 aromatic rings. The Balaban J connectivity index is 1.36. The van der Waals surface area contributed by atoms with Gasteiger partial charge in [0.05, 0.1) is 22.2 Å². The van der Waals surface area contributed by atoms with E-state index in [1.165, 1.54) is 21.6 Å². The fourth-order valence-corrected chi connectivity index (χ4v) is 8.27. The summed E-state index contributed by atoms with van der Waals surface area (Å²) < 4.78 is 41.4. The maximum Gasteiger partial charge on any atom is 0.416 e. The predicted octanol–water partition coefficient (Wildman–Crippen LogP) is 6.13. The number of hydrogen-bond donors (Lipinski definition) is 1. The number of halogens is 4. The third kappa shape index (κ3) is 5.09. The van der Waals surface area contributed by atoms with E-state index in [4.69, 9.17) is 0 Å². The first-order valence-corrected chi connectivity index (χ1v) is 15.1. The van der Waals surface area contributed by atoms with Gasteiger partial charge < -0.3 is 5.32 Å². The molecule has 1 N–H and O–H groups in total. The molecular weight excluding hydrogens is 655 g/mol. The largest absolute Gasteiger partial charge is 0.416 e. The van der Waals surface area contributed by atoms with E-state index in [1.807, 2.05) is 30.3 Å². The standard InChI is InChI=1S/C29H19BrF3N3O4S2/c30-17-9-11-19(12-10-17)36-25(38)22-21(15-5-2-1-3-6-15)24-27(41-23(22)26(36)39)35(28(40)42-24)14-20(37)34-18-8-4-7-16(13-18)29(31,32)33/h1-13,21-23H,14H2,(H,34,37)/t21-,22?,23?/m1/s1. The number of alkyl halides is 3. The molecule has 13 heteroatoms. The lowest BCUT2D eigenvalue weighted by atomic mass is 9.83. The Kier molecular flexibility index (Phi) is 7.36. The second kappa shape index (κ2) is 10.9. The number of amides is 3. The van der Waals surface area contributed by atoms with Gasteiger partial charge in [0.25, 0.3) is 0 Å². The van der Waals surface area contributed by atoms with E-state index in [0.717, 1.165) is 45.3 Å². The van der Waals surface area contributed by atoms with Crippen LogP contribution in [0.5, 0.6) is 0 Å². The van der Waals surface area contributed by atoms with Gasteiger partial charge in [-0.15, -0.1) is 0 Å². The number of fused-ring (bicyclic) bond motifs is 2. The van der Waals surface area contributed by atoms with E-state index in [9.17, 15) is 32.3 Å². The highest BCUT2D eigenvalue weighted by molar-refractivity contribution is 9.10. The van der Waals surface area contributed by atoms with Gasteiger partial charge in [0, 0.05) is 21.0 Å². The molecule has 0 aliphatic carbocycles. The Morgan fingerprint density at radius 2 is 1.64 bits per heavy atom. The molecule has 0 radical (unpaired) electrons. The number of nitrogens with one attached hydrogen (secondary N) is 1. The van der Waals surface area contributed by atoms with Crippen LogP contribution >= 0.6 is 39.0 Å². The van der Waals surface area contributed by atoms with Gasteiger partial charge in [-0.05, 0) is 48.0 Å². The fourth-order valence-electron chi connectivity index (χ4n) is 5.24. The molecular formula is C29H19BrF3N3O4S2. The van der Waals surface area contributed by atoms with E-state index >= 15 is 0 Å². The summed E-state index contributed by atoms with van der Waals surface area (Å²) in [6, 6.07) is 20.1. The third-order valence-electron chi connectivity index (χ3n) is 7.07. The first kappa shape index (κ1) is 28.4. The van der Waals surface area contributed by atoms with Gasteiger partial charge in [-0.3, -0.25) is 23.7 Å². The zero-order valence-electron chi connectivity index (χ0n) is 21.3. The van der Waals surface area contributed by atoms with E-state index in [0.29, 0.717) is 15.6 Å². The van der Waals surface area contributed by atoms with Gasteiger partial charge in [0.15, 0.2) is 0 Å². The monoisotopic (exact) mass is 673 g/mol. The van der Waals surface area contributed by atoms with Gasteiger partial charge >= 0.3 is 11.0 Å². The molecule has 42 heavy (non-hydrogen) atoms. The summed E-state index contributed by atoms with van der Waals surface area (Å²) in [4.78, 5) is 55.0. The normalized spacial score (nSPS) is 19.9. The van der Waals surface area contributed by atoms with Gasteiger partial charge in [0.2, 0.25) is 17.7 Å². The maximum atomic E-state index is 13.9. The van der Waals surface area contributed by atoms with Gasteiger partial charge in [-0.1, -0.05) is 75.4 Å². The molecule has 3 amide bonds. The second-order valence-electron chi connectivity index (χ2n) is 9.69. The molecule has 1 saturated heterocycles. The van der Waals surface area contributed by atoms with Crippen LogP contribution in [0.1, 0.15) is 21.9 Å². The average Bonchev–Trinajstić information content (AvgIpc) is 3.40. The first-order chi connectivity index (χ1) is 20.0. The Hall–Kier alpha value is -3.68. The number of hydrogen-bond acceptors (Lipinski definition) is 6. The van der Waals surface area contributed by atoms with Crippen molar-refractivity contribution in [2.45, 2.75) is 28.9 Å². The predicted molar refractivity (Wildman–Crippen MR) is 157 cm³/mol. The van der Waals surface area contributed by atoms with Crippen LogP contribution in [-0.4, -0.2) is 27.5 Å². The zero-order chi connectivity index (χ0) is 29.8. The summed E-state index contributed by atoms with van der Waals surface area (Å²) in [5, 5.41) is 1.96. The average molecular weight is 675 g/mol. The van der Waals surface area contributed by atoms with E-state index < -0.39 is 52.1 Å². The molecule has 2 aliphatic rings. The van der Waals surface area contributed by atoms with Crippen molar-refractivity contribution < 1.29 is 27.6 Å². The van der Waals surface area contributed by atoms with Gasteiger partial charge in [-0.25, -0.2) is 4.90 Å². The summed E-state index contributed by atoms with van der Waals surface area (Å²) >= 11 is 5.32. The highest BCUT2D eigenvalue weighted by Gasteiger charge is 2.56. The van der Waals surface area contributed by atoms with Crippen molar-refractivity contribution in [2.24, 2.45) is 5.92 Å². The minimum absolute atomic E-state index is 0.0662. The molecule has 0 saturated carbocycles. The highest BCUT2D eigenvalue weighted by atomic mass is 79.9. The van der Waals surface area contributed by atoms with E-state index in [2.05, 4.69) is 21.2 Å². The number of anilines is 2. The molecule has 3 atom stereocenters. The second-order valence-corrected chi connectivity index (χ2v) is 12.7. The summed E-state index contributed by atoms with van der Waals surface area (Å²) in [7, 11) is 0. The maximum absolute atomic E-state index is 13.9. The number of aromatic nitrogens is 1. The smallest absolute Gasteiger partial charge is 0.325 e. The molecule has 0 spiro atoms. The van der Waals surface area contributed by atoms with Crippen molar-refractivity contribution in [1.29, 1.82) is 0 Å². The number of thiazole rings is 1. The molecule has 7 nitrogen and oxygen atoms in total. The topological polar surface area (TPSA) is 88.5 Å². The number of carbonyl (C=O) groups excluding carboxylic acids is 3. The summed E-state index contributed by atoms with van der Waals surface area (Å²) in [6.45, 7) is -0.481. The Morgan fingerprint density at radius 3 is 2.33 bits per heavy atom. The van der Waals surface area contributed by atoms with Crippen molar-refractivity contribution in [3.8, 4) is 0 Å². The lowest BCUT2D eigenvalue weighted by molar-refractivity contribution is -0.137. The Labute approximate surface area is 253 Å². The van der Waals surface area contributed by atoms with Crippen LogP contribution in [0.2, 0.25) is 0 Å². The molecule has 3 aromatic carbocycles. The van der Waals surface area contributed by atoms with Crippen molar-refractivity contribution in [3.63, 3.8) is 0 Å². The molecule has 6 rings (SSSR count). The van der Waals surface area contributed by atoms with Crippen molar-refractivity contribution >= 4 is 68.1 Å². The van der Waals surface area contributed by atoms with Crippen LogP contribution in [0.4, 0.5) is 24.5 Å². The van der Waals surface area contributed by atoms with Crippen molar-refractivity contribution in [1.82, 2.24) is 4.57 Å². The van der Waals surface area contributed by atoms with Crippen LogP contribution in [-0.2, 0) is 27.1 Å². The number of benzene rings is 3. The number of nitrogens with zero attached hydrogens (tertiary/aromatic N) is 2. The molecule has 1 aromatic heterocycles. The summed E-state index contributed by atoms with van der Waals surface area (Å²) in [6.07, 6.45) is -4.58. The minimum atomic E-state index is -4.58. The Bertz CT molecular complexity index is 1770. The summed E-state index contributed by atoms with van der Waals surface area (Å²) in [5.74, 6) is -2.92. The third-order valence-corrected chi connectivity index (χ3v) is 10.2. The Morgan fingerprint density at radius 1 is 0.929 bits per heavy atom. The number of thioether (sulfide) groups is 1. The number of imide groups is 1. The molecule has 2 unspecified atom stereocenters. The molecule has 2 aliphatic heterocycles. The fraction of sp³-hybridized carbons (Fsp3) is 0.172. The minimum Gasteiger partial charge on any atom is -0.325 e. The molecule has 0 bridgehead atoms. The van der Waals surface area contributed by atoms with Crippen molar-refractivity contribution in [3.05, 3.63) is 109 Å². The zero-order valence-corrected chi connectivity index (χ0v) is 24.5. The van der Waals surface area contributed by atoms with Crippen LogP contribution in [0, 0.1) is 5.92 Å². The van der Waals surface area contributed by atoms with Crippen molar-refractivity contribution in [2.75, 3.05) is 10.2 Å². The SMILES string of the molecule is O=C(Cn1c2c(sc1=O)[C@H](c1ccccc1)C1C(=O)N(c3ccc(Br)cc3)C(=O)C1S2)Nc1cccc(C(F)(F)F)c1. The van der Waals surface area contributed by atoms with Gasteiger partial charge in [-0.2, -0.15) is 13.2 Å². The van der Waals surface area contributed by atoms with E-state index in [-0.39, 0.29) is 11.6 Å². The molecule has 214 valence electrons. The van der Waals surface area contributed by atoms with Crippen LogP contribution in [0.3, 0.4) is 0 Å². The lowest BCUT2D eigenvalue weighted by Crippen LogP contribution is -2.33. The van der Waals surface area contributed by atoms with Crippen LogP contribution in [0.25, 0.3) is 0 Å².